The van der Waals surface area contributed by atoms with Gasteiger partial charge in [-0.2, -0.15) is 12.6 Å². The van der Waals surface area contributed by atoms with Crippen LogP contribution in [0, 0.1) is 26.3 Å². The molecular formula is C24H35N3O4S. The summed E-state index contributed by atoms with van der Waals surface area (Å²) in [5.74, 6) is -1.10. The second-order valence-corrected chi connectivity index (χ2v) is 10.1. The number of alkyl carbamates (subject to hydrolysis) is 1. The van der Waals surface area contributed by atoms with Gasteiger partial charge in [-0.05, 0) is 72.1 Å². The van der Waals surface area contributed by atoms with Crippen LogP contribution in [-0.2, 0) is 14.3 Å². The number of hydrogen-bond acceptors (Lipinski definition) is 5. The number of terminal acetylenes is 1. The third kappa shape index (κ3) is 8.12. The first kappa shape index (κ1) is 27.4. The Kier molecular flexibility index (Phi) is 9.22. The maximum atomic E-state index is 13.3. The lowest BCUT2D eigenvalue weighted by Gasteiger charge is -2.32. The molecule has 8 heteroatoms. The fourth-order valence-corrected chi connectivity index (χ4v) is 3.11. The van der Waals surface area contributed by atoms with Gasteiger partial charge >= 0.3 is 6.09 Å². The third-order valence-electron chi connectivity index (χ3n) is 4.40. The lowest BCUT2D eigenvalue weighted by Crippen LogP contribution is -2.53. The summed E-state index contributed by atoms with van der Waals surface area (Å²) in [5, 5.41) is 5.39. The summed E-state index contributed by atoms with van der Waals surface area (Å²) in [7, 11) is 0. The molecule has 0 saturated heterocycles. The maximum Gasteiger partial charge on any atom is 0.408 e. The second kappa shape index (κ2) is 10.8. The number of aryl methyl sites for hydroxylation is 2. The Bertz CT molecular complexity index is 894. The molecule has 2 unspecified atom stereocenters. The zero-order chi connectivity index (χ0) is 24.9. The van der Waals surface area contributed by atoms with Crippen molar-refractivity contribution in [2.75, 3.05) is 5.75 Å². The van der Waals surface area contributed by atoms with E-state index in [1.807, 2.05) is 46.8 Å². The van der Waals surface area contributed by atoms with Crippen molar-refractivity contribution in [2.45, 2.75) is 78.6 Å². The van der Waals surface area contributed by atoms with E-state index in [0.29, 0.717) is 5.56 Å². The van der Waals surface area contributed by atoms with Gasteiger partial charge in [-0.25, -0.2) is 4.79 Å². The minimum atomic E-state index is -1.09. The van der Waals surface area contributed by atoms with Crippen molar-refractivity contribution >= 4 is 30.5 Å². The normalized spacial score (nSPS) is 13.4. The SMILES string of the molecule is C#CN(C(=O)C(CS)NC(=O)OC(C)(C)C)C(C(=O)NC(C)(C)C)c1ccc(C)c(C)c1. The molecule has 176 valence electrons. The van der Waals surface area contributed by atoms with E-state index in [4.69, 9.17) is 11.2 Å². The van der Waals surface area contributed by atoms with E-state index in [0.717, 1.165) is 16.0 Å². The van der Waals surface area contributed by atoms with E-state index >= 15 is 0 Å². The van der Waals surface area contributed by atoms with Crippen LogP contribution in [0.15, 0.2) is 18.2 Å². The van der Waals surface area contributed by atoms with Gasteiger partial charge in [0.15, 0.2) is 0 Å². The second-order valence-electron chi connectivity index (χ2n) is 9.70. The fourth-order valence-electron chi connectivity index (χ4n) is 2.86. The van der Waals surface area contributed by atoms with Crippen molar-refractivity contribution in [1.82, 2.24) is 15.5 Å². The Balaban J connectivity index is 3.36. The van der Waals surface area contributed by atoms with Crippen LogP contribution in [-0.4, -0.2) is 45.7 Å². The van der Waals surface area contributed by atoms with Crippen molar-refractivity contribution < 1.29 is 19.1 Å². The number of nitrogens with one attached hydrogen (secondary N) is 2. The van der Waals surface area contributed by atoms with Crippen molar-refractivity contribution in [3.8, 4) is 12.5 Å². The highest BCUT2D eigenvalue weighted by molar-refractivity contribution is 7.80. The quantitative estimate of drug-likeness (QED) is 0.344. The number of ether oxygens (including phenoxy) is 1. The van der Waals surface area contributed by atoms with E-state index < -0.39 is 41.1 Å². The number of hydrogen-bond donors (Lipinski definition) is 3. The molecule has 3 amide bonds. The Morgan fingerprint density at radius 2 is 1.72 bits per heavy atom. The molecule has 0 bridgehead atoms. The van der Waals surface area contributed by atoms with Gasteiger partial charge in [0.05, 0.1) is 0 Å². The molecule has 0 aliphatic carbocycles. The van der Waals surface area contributed by atoms with Gasteiger partial charge < -0.3 is 15.4 Å². The van der Waals surface area contributed by atoms with Gasteiger partial charge in [-0.1, -0.05) is 24.6 Å². The predicted octanol–water partition coefficient (Wildman–Crippen LogP) is 3.50. The average molecular weight is 462 g/mol. The fraction of sp³-hybridized carbons (Fsp3) is 0.542. The Morgan fingerprint density at radius 1 is 1.12 bits per heavy atom. The van der Waals surface area contributed by atoms with E-state index in [1.54, 1.807) is 26.8 Å². The molecule has 0 saturated carbocycles. The molecule has 32 heavy (non-hydrogen) atoms. The van der Waals surface area contributed by atoms with Crippen LogP contribution in [0.5, 0.6) is 0 Å². The van der Waals surface area contributed by atoms with Crippen molar-refractivity contribution in [2.24, 2.45) is 0 Å². The Labute approximate surface area is 197 Å². The number of carbonyl (C=O) groups is 3. The van der Waals surface area contributed by atoms with Crippen LogP contribution < -0.4 is 10.6 Å². The van der Waals surface area contributed by atoms with E-state index in [2.05, 4.69) is 29.3 Å². The molecule has 0 aromatic heterocycles. The largest absolute Gasteiger partial charge is 0.444 e. The summed E-state index contributed by atoms with van der Waals surface area (Å²) in [6.07, 6.45) is 4.94. The molecule has 0 aliphatic heterocycles. The first-order valence-electron chi connectivity index (χ1n) is 10.4. The topological polar surface area (TPSA) is 87.7 Å². The number of rotatable bonds is 6. The molecular weight excluding hydrogens is 426 g/mol. The maximum absolute atomic E-state index is 13.3. The van der Waals surface area contributed by atoms with E-state index in [1.165, 1.54) is 0 Å². The molecule has 1 rings (SSSR count). The monoisotopic (exact) mass is 461 g/mol. The molecule has 7 nitrogen and oxygen atoms in total. The lowest BCUT2D eigenvalue weighted by molar-refractivity contribution is -0.138. The summed E-state index contributed by atoms with van der Waals surface area (Å²) in [6.45, 7) is 14.5. The molecule has 0 aliphatic rings. The van der Waals surface area contributed by atoms with Gasteiger partial charge in [-0.3, -0.25) is 14.5 Å². The van der Waals surface area contributed by atoms with Crippen LogP contribution in [0.3, 0.4) is 0 Å². The van der Waals surface area contributed by atoms with Gasteiger partial charge in [0, 0.05) is 17.3 Å². The van der Waals surface area contributed by atoms with Crippen molar-refractivity contribution in [3.63, 3.8) is 0 Å². The number of thiol groups is 1. The molecule has 2 N–H and O–H groups in total. The number of amides is 3. The highest BCUT2D eigenvalue weighted by Crippen LogP contribution is 2.25. The summed E-state index contributed by atoms with van der Waals surface area (Å²) < 4.78 is 5.24. The van der Waals surface area contributed by atoms with Gasteiger partial charge in [0.25, 0.3) is 5.91 Å². The zero-order valence-corrected chi connectivity index (χ0v) is 21.1. The third-order valence-corrected chi connectivity index (χ3v) is 4.76. The Morgan fingerprint density at radius 3 is 2.16 bits per heavy atom. The van der Waals surface area contributed by atoms with Crippen LogP contribution in [0.25, 0.3) is 0 Å². The van der Waals surface area contributed by atoms with Crippen LogP contribution in [0.2, 0.25) is 0 Å². The molecule has 0 fully saturated rings. The average Bonchev–Trinajstić information content (AvgIpc) is 2.63. The minimum Gasteiger partial charge on any atom is -0.444 e. The molecule has 1 aromatic rings. The first-order chi connectivity index (χ1) is 14.6. The van der Waals surface area contributed by atoms with Gasteiger partial charge in [0.1, 0.15) is 17.7 Å². The van der Waals surface area contributed by atoms with Crippen LogP contribution in [0.4, 0.5) is 4.79 Å². The van der Waals surface area contributed by atoms with Crippen molar-refractivity contribution in [3.05, 3.63) is 34.9 Å². The van der Waals surface area contributed by atoms with Crippen LogP contribution >= 0.6 is 12.6 Å². The summed E-state index contributed by atoms with van der Waals surface area (Å²) in [6, 6.07) is 5.63. The van der Waals surface area contributed by atoms with E-state index in [9.17, 15) is 14.4 Å². The smallest absolute Gasteiger partial charge is 0.408 e. The lowest BCUT2D eigenvalue weighted by atomic mass is 9.97. The summed E-state index contributed by atoms with van der Waals surface area (Å²) in [4.78, 5) is 39.8. The van der Waals surface area contributed by atoms with E-state index in [-0.39, 0.29) is 5.75 Å². The molecule has 0 radical (unpaired) electrons. The summed E-state index contributed by atoms with van der Waals surface area (Å²) in [5.41, 5.74) is 1.28. The zero-order valence-electron chi connectivity index (χ0n) is 20.2. The van der Waals surface area contributed by atoms with Crippen molar-refractivity contribution in [1.29, 1.82) is 0 Å². The standard InChI is InChI=1S/C24H35N3O4S/c1-10-27(21(29)18(14-32)25-22(30)31-24(7,8)9)19(20(28)26-23(4,5)6)17-12-11-15(2)16(3)13-17/h1,11-13,18-19,32H,14H2,2-9H3,(H,25,30)(H,26,28). The van der Waals surface area contributed by atoms with Crippen LogP contribution in [0.1, 0.15) is 64.3 Å². The van der Waals surface area contributed by atoms with Gasteiger partial charge in [-0.15, -0.1) is 0 Å². The predicted molar refractivity (Wildman–Crippen MR) is 129 cm³/mol. The number of carbonyl (C=O) groups excluding carboxylic acids is 3. The summed E-state index contributed by atoms with van der Waals surface area (Å²) >= 11 is 4.19. The van der Waals surface area contributed by atoms with Gasteiger partial charge in [0.2, 0.25) is 5.91 Å². The highest BCUT2D eigenvalue weighted by atomic mass is 32.1. The highest BCUT2D eigenvalue weighted by Gasteiger charge is 2.36. The molecule has 2 atom stereocenters. The molecule has 1 aromatic carbocycles. The number of nitrogens with zero attached hydrogens (tertiary/aromatic N) is 1. The number of benzene rings is 1. The molecule has 0 heterocycles. The minimum absolute atomic E-state index is 0.0310. The first-order valence-corrected chi connectivity index (χ1v) is 11.0. The Hall–Kier alpha value is -2.66. The molecule has 0 spiro atoms.